The van der Waals surface area contributed by atoms with Crippen molar-refractivity contribution in [3.8, 4) is 0 Å². The maximum Gasteiger partial charge on any atom is 0.389 e. The van der Waals surface area contributed by atoms with E-state index in [1.54, 1.807) is 24.3 Å². The molecule has 2 rings (SSSR count). The first-order valence-corrected chi connectivity index (χ1v) is 7.00. The van der Waals surface area contributed by atoms with Crippen molar-refractivity contribution in [1.29, 1.82) is 0 Å². The highest BCUT2D eigenvalue weighted by Crippen LogP contribution is 2.25. The van der Waals surface area contributed by atoms with Gasteiger partial charge < -0.3 is 10.1 Å². The van der Waals surface area contributed by atoms with Crippen LogP contribution in [0.2, 0.25) is 0 Å². The van der Waals surface area contributed by atoms with Crippen molar-refractivity contribution >= 4 is 11.6 Å². The van der Waals surface area contributed by atoms with Gasteiger partial charge in [0.05, 0.1) is 12.5 Å². The normalized spacial score (nSPS) is 18.7. The molecule has 1 aliphatic heterocycles. The number of hydrogen-bond donors (Lipinski definition) is 1. The summed E-state index contributed by atoms with van der Waals surface area (Å²) < 4.78 is 42.3. The largest absolute Gasteiger partial charge is 0.389 e. The lowest BCUT2D eigenvalue weighted by molar-refractivity contribution is -0.133. The highest BCUT2D eigenvalue weighted by atomic mass is 19.4. The van der Waals surface area contributed by atoms with Crippen LogP contribution in [-0.2, 0) is 16.0 Å². The average Bonchev–Trinajstić information content (AvgIpc) is 2.89. The third-order valence-corrected chi connectivity index (χ3v) is 3.41. The molecule has 1 aromatic rings. The van der Waals surface area contributed by atoms with Crippen LogP contribution >= 0.6 is 0 Å². The van der Waals surface area contributed by atoms with Crippen LogP contribution in [-0.4, -0.2) is 24.8 Å². The molecule has 1 heterocycles. The van der Waals surface area contributed by atoms with Crippen LogP contribution < -0.4 is 5.32 Å². The van der Waals surface area contributed by atoms with Crippen molar-refractivity contribution < 1.29 is 22.7 Å². The number of alkyl halides is 3. The Labute approximate surface area is 121 Å². The first kappa shape index (κ1) is 15.8. The minimum atomic E-state index is -4.20. The minimum absolute atomic E-state index is 0.0765. The van der Waals surface area contributed by atoms with Crippen LogP contribution in [0.25, 0.3) is 0 Å². The minimum Gasteiger partial charge on any atom is -0.378 e. The third kappa shape index (κ3) is 5.38. The fraction of sp³-hybridized carbons (Fsp3) is 0.533. The second kappa shape index (κ2) is 6.93. The predicted octanol–water partition coefficient (Wildman–Crippen LogP) is 3.69. The topological polar surface area (TPSA) is 38.3 Å². The second-order valence-electron chi connectivity index (χ2n) is 5.16. The Bertz CT molecular complexity index is 482. The van der Waals surface area contributed by atoms with E-state index < -0.39 is 12.6 Å². The molecular weight excluding hydrogens is 283 g/mol. The van der Waals surface area contributed by atoms with Crippen LogP contribution in [0.1, 0.15) is 31.2 Å². The summed E-state index contributed by atoms with van der Waals surface area (Å²) in [6, 6.07) is 6.59. The van der Waals surface area contributed by atoms with Crippen molar-refractivity contribution in [2.24, 2.45) is 0 Å². The zero-order valence-electron chi connectivity index (χ0n) is 11.6. The Hall–Kier alpha value is -1.56. The highest BCUT2D eigenvalue weighted by molar-refractivity contribution is 5.91. The molecule has 1 aliphatic rings. The van der Waals surface area contributed by atoms with Gasteiger partial charge in [0.2, 0.25) is 5.91 Å². The van der Waals surface area contributed by atoms with Gasteiger partial charge in [0.25, 0.3) is 0 Å². The van der Waals surface area contributed by atoms with Crippen molar-refractivity contribution in [2.45, 2.75) is 44.4 Å². The molecule has 3 nitrogen and oxygen atoms in total. The zero-order chi connectivity index (χ0) is 15.3. The number of para-hydroxylation sites is 1. The molecule has 0 bridgehead atoms. The van der Waals surface area contributed by atoms with Gasteiger partial charge in [-0.3, -0.25) is 4.79 Å². The molecule has 1 aromatic carbocycles. The fourth-order valence-electron chi connectivity index (χ4n) is 2.35. The van der Waals surface area contributed by atoms with Gasteiger partial charge in [-0.25, -0.2) is 0 Å². The van der Waals surface area contributed by atoms with Crippen LogP contribution in [0, 0.1) is 0 Å². The number of anilines is 1. The lowest BCUT2D eigenvalue weighted by Crippen LogP contribution is -2.20. The molecule has 21 heavy (non-hydrogen) atoms. The zero-order valence-corrected chi connectivity index (χ0v) is 11.6. The molecule has 0 radical (unpaired) electrons. The van der Waals surface area contributed by atoms with Crippen LogP contribution in [0.4, 0.5) is 18.9 Å². The van der Waals surface area contributed by atoms with E-state index >= 15 is 0 Å². The standard InChI is InChI=1S/C15H18F3NO2/c16-15(17,18)8-7-11-4-1-2-6-13(11)19-14(20)10-12-5-3-9-21-12/h1-2,4,6,12H,3,5,7-10H2,(H,19,20)/t12-/m0/s1. The number of halogens is 3. The van der Waals surface area contributed by atoms with Crippen LogP contribution in [0.3, 0.4) is 0 Å². The van der Waals surface area contributed by atoms with Crippen LogP contribution in [0.15, 0.2) is 24.3 Å². The monoisotopic (exact) mass is 301 g/mol. The first-order chi connectivity index (χ1) is 9.94. The van der Waals surface area contributed by atoms with E-state index in [9.17, 15) is 18.0 Å². The van der Waals surface area contributed by atoms with Crippen LogP contribution in [0.5, 0.6) is 0 Å². The molecule has 116 valence electrons. The summed E-state index contributed by atoms with van der Waals surface area (Å²) >= 11 is 0. The number of carbonyl (C=O) groups excluding carboxylic acids is 1. The lowest BCUT2D eigenvalue weighted by Gasteiger charge is -2.14. The van der Waals surface area contributed by atoms with E-state index in [2.05, 4.69) is 5.32 Å². The van der Waals surface area contributed by atoms with Gasteiger partial charge in [-0.05, 0) is 30.9 Å². The van der Waals surface area contributed by atoms with Crippen molar-refractivity contribution in [2.75, 3.05) is 11.9 Å². The summed E-state index contributed by atoms with van der Waals surface area (Å²) in [7, 11) is 0. The summed E-state index contributed by atoms with van der Waals surface area (Å²) in [5.74, 6) is -0.221. The molecule has 1 atom stereocenters. The molecule has 0 aromatic heterocycles. The fourth-order valence-corrected chi connectivity index (χ4v) is 2.35. The van der Waals surface area contributed by atoms with Gasteiger partial charge >= 0.3 is 6.18 Å². The van der Waals surface area contributed by atoms with E-state index in [-0.39, 0.29) is 24.9 Å². The Morgan fingerprint density at radius 3 is 2.76 bits per heavy atom. The highest BCUT2D eigenvalue weighted by Gasteiger charge is 2.27. The number of hydrogen-bond acceptors (Lipinski definition) is 2. The molecule has 0 saturated carbocycles. The van der Waals surface area contributed by atoms with Gasteiger partial charge in [-0.2, -0.15) is 13.2 Å². The molecule has 0 unspecified atom stereocenters. The van der Waals surface area contributed by atoms with E-state index in [1.807, 2.05) is 0 Å². The number of rotatable bonds is 5. The van der Waals surface area contributed by atoms with Gasteiger partial charge in [-0.1, -0.05) is 18.2 Å². The quantitative estimate of drug-likeness (QED) is 0.900. The van der Waals surface area contributed by atoms with E-state index in [1.165, 1.54) is 0 Å². The summed E-state index contributed by atoms with van der Waals surface area (Å²) in [5, 5.41) is 2.69. The number of amides is 1. The number of aryl methyl sites for hydroxylation is 1. The van der Waals surface area contributed by atoms with Gasteiger partial charge in [0, 0.05) is 18.7 Å². The van der Waals surface area contributed by atoms with Gasteiger partial charge in [0.15, 0.2) is 0 Å². The number of benzene rings is 1. The Balaban J connectivity index is 1.93. The molecule has 6 heteroatoms. The van der Waals surface area contributed by atoms with Crippen molar-refractivity contribution in [3.63, 3.8) is 0 Å². The summed E-state index contributed by atoms with van der Waals surface area (Å²) in [6.07, 6.45) is -3.27. The number of carbonyl (C=O) groups is 1. The second-order valence-corrected chi connectivity index (χ2v) is 5.16. The van der Waals surface area contributed by atoms with E-state index in [0.717, 1.165) is 12.8 Å². The van der Waals surface area contributed by atoms with Gasteiger partial charge in [0.1, 0.15) is 0 Å². The van der Waals surface area contributed by atoms with E-state index in [0.29, 0.717) is 17.9 Å². The molecule has 0 spiro atoms. The van der Waals surface area contributed by atoms with Gasteiger partial charge in [-0.15, -0.1) is 0 Å². The smallest absolute Gasteiger partial charge is 0.378 e. The Morgan fingerprint density at radius 1 is 1.33 bits per heavy atom. The average molecular weight is 301 g/mol. The Kier molecular flexibility index (Phi) is 5.22. The first-order valence-electron chi connectivity index (χ1n) is 7.00. The summed E-state index contributed by atoms with van der Waals surface area (Å²) in [4.78, 5) is 11.9. The van der Waals surface area contributed by atoms with Crippen molar-refractivity contribution in [1.82, 2.24) is 0 Å². The van der Waals surface area contributed by atoms with E-state index in [4.69, 9.17) is 4.74 Å². The summed E-state index contributed by atoms with van der Waals surface area (Å²) in [6.45, 7) is 0.667. The molecule has 1 amide bonds. The summed E-state index contributed by atoms with van der Waals surface area (Å²) in [5.41, 5.74) is 0.945. The van der Waals surface area contributed by atoms with Crippen molar-refractivity contribution in [3.05, 3.63) is 29.8 Å². The maximum atomic E-state index is 12.3. The molecule has 0 aliphatic carbocycles. The SMILES string of the molecule is O=C(C[C@@H]1CCCO1)Nc1ccccc1CCC(F)(F)F. The predicted molar refractivity (Wildman–Crippen MR) is 73.0 cm³/mol. The molecule has 1 fully saturated rings. The maximum absolute atomic E-state index is 12.3. The molecular formula is C15H18F3NO2. The number of ether oxygens (including phenoxy) is 1. The lowest BCUT2D eigenvalue weighted by atomic mass is 10.1. The Morgan fingerprint density at radius 2 is 2.10 bits per heavy atom. The number of nitrogens with one attached hydrogen (secondary N) is 1. The third-order valence-electron chi connectivity index (χ3n) is 3.41. The molecule has 1 saturated heterocycles. The molecule has 1 N–H and O–H groups in total.